The van der Waals surface area contributed by atoms with Crippen molar-refractivity contribution < 1.29 is 19.0 Å². The molecule has 25 heavy (non-hydrogen) atoms. The van der Waals surface area contributed by atoms with E-state index in [2.05, 4.69) is 5.32 Å². The van der Waals surface area contributed by atoms with E-state index in [-0.39, 0.29) is 18.9 Å². The summed E-state index contributed by atoms with van der Waals surface area (Å²) >= 11 is 0. The van der Waals surface area contributed by atoms with Gasteiger partial charge in [0.1, 0.15) is 5.75 Å². The highest BCUT2D eigenvalue weighted by Gasteiger charge is 2.33. The monoisotopic (exact) mass is 340 g/mol. The van der Waals surface area contributed by atoms with Gasteiger partial charge in [0.05, 0.1) is 7.11 Å². The second-order valence-corrected chi connectivity index (χ2v) is 6.21. The van der Waals surface area contributed by atoms with Crippen LogP contribution in [0.4, 0.5) is 10.5 Å². The molecule has 1 aliphatic heterocycles. The molecule has 0 bridgehead atoms. The van der Waals surface area contributed by atoms with Crippen LogP contribution in [0.3, 0.4) is 0 Å². The molecule has 4 rings (SSSR count). The highest BCUT2D eigenvalue weighted by atomic mass is 16.7. The van der Waals surface area contributed by atoms with Crippen molar-refractivity contribution in [3.05, 3.63) is 48.0 Å². The predicted octanol–water partition coefficient (Wildman–Crippen LogP) is 3.62. The summed E-state index contributed by atoms with van der Waals surface area (Å²) in [6.45, 7) is 0.790. The summed E-state index contributed by atoms with van der Waals surface area (Å²) in [4.78, 5) is 14.6. The molecule has 1 N–H and O–H groups in total. The SMILES string of the molecule is COc1cccc(NC(=O)N(Cc2ccc3c(c2)OCO3)C2CC2)c1. The van der Waals surface area contributed by atoms with Gasteiger partial charge in [-0.15, -0.1) is 0 Å². The number of benzene rings is 2. The molecule has 2 amide bonds. The van der Waals surface area contributed by atoms with E-state index in [1.165, 1.54) is 0 Å². The number of methoxy groups -OCH3 is 1. The van der Waals surface area contributed by atoms with Crippen molar-refractivity contribution in [2.75, 3.05) is 19.2 Å². The third kappa shape index (κ3) is 3.47. The molecule has 1 aliphatic carbocycles. The van der Waals surface area contributed by atoms with E-state index >= 15 is 0 Å². The van der Waals surface area contributed by atoms with Crippen molar-refractivity contribution in [1.82, 2.24) is 4.90 Å². The van der Waals surface area contributed by atoms with Crippen molar-refractivity contribution in [2.24, 2.45) is 0 Å². The quantitative estimate of drug-likeness (QED) is 0.903. The van der Waals surface area contributed by atoms with E-state index in [0.29, 0.717) is 12.3 Å². The van der Waals surface area contributed by atoms with Gasteiger partial charge in [0.15, 0.2) is 11.5 Å². The second-order valence-electron chi connectivity index (χ2n) is 6.21. The number of urea groups is 1. The van der Waals surface area contributed by atoms with Gasteiger partial charge in [0, 0.05) is 24.3 Å². The first-order chi connectivity index (χ1) is 12.2. The largest absolute Gasteiger partial charge is 0.497 e. The Hall–Kier alpha value is -2.89. The molecule has 1 fully saturated rings. The number of anilines is 1. The molecule has 1 saturated carbocycles. The standard InChI is InChI=1S/C19H20N2O4/c1-23-16-4-2-3-14(10-16)20-19(22)21(15-6-7-15)11-13-5-8-17-18(9-13)25-12-24-17/h2-5,8-10,15H,6-7,11-12H2,1H3,(H,20,22). The molecule has 6 heteroatoms. The number of hydrogen-bond donors (Lipinski definition) is 1. The lowest BCUT2D eigenvalue weighted by Crippen LogP contribution is -2.36. The van der Waals surface area contributed by atoms with E-state index in [0.717, 1.165) is 35.6 Å². The molecule has 130 valence electrons. The van der Waals surface area contributed by atoms with Crippen LogP contribution in [0.25, 0.3) is 0 Å². The maximum atomic E-state index is 12.7. The molecule has 2 aliphatic rings. The fourth-order valence-electron chi connectivity index (χ4n) is 2.89. The number of hydrogen-bond acceptors (Lipinski definition) is 4. The molecule has 6 nitrogen and oxygen atoms in total. The lowest BCUT2D eigenvalue weighted by Gasteiger charge is -2.23. The summed E-state index contributed by atoms with van der Waals surface area (Å²) in [6, 6.07) is 13.4. The molecular formula is C19H20N2O4. The van der Waals surface area contributed by atoms with Crippen LogP contribution in [0.1, 0.15) is 18.4 Å². The smallest absolute Gasteiger partial charge is 0.322 e. The zero-order valence-corrected chi connectivity index (χ0v) is 14.0. The summed E-state index contributed by atoms with van der Waals surface area (Å²) in [6.07, 6.45) is 2.08. The molecule has 1 heterocycles. The number of nitrogens with zero attached hydrogens (tertiary/aromatic N) is 1. The van der Waals surface area contributed by atoms with E-state index in [4.69, 9.17) is 14.2 Å². The van der Waals surface area contributed by atoms with Gasteiger partial charge >= 0.3 is 6.03 Å². The van der Waals surface area contributed by atoms with E-state index in [1.54, 1.807) is 7.11 Å². The fraction of sp³-hybridized carbons (Fsp3) is 0.316. The molecule has 0 aromatic heterocycles. The van der Waals surface area contributed by atoms with Gasteiger partial charge in [-0.05, 0) is 42.7 Å². The van der Waals surface area contributed by atoms with Crippen LogP contribution in [0, 0.1) is 0 Å². The van der Waals surface area contributed by atoms with E-state index < -0.39 is 0 Å². The number of ether oxygens (including phenoxy) is 3. The topological polar surface area (TPSA) is 60.0 Å². The third-order valence-electron chi connectivity index (χ3n) is 4.36. The van der Waals surface area contributed by atoms with Crippen molar-refractivity contribution in [3.8, 4) is 17.2 Å². The molecule has 0 saturated heterocycles. The van der Waals surface area contributed by atoms with Gasteiger partial charge in [0.2, 0.25) is 6.79 Å². The Balaban J connectivity index is 1.48. The summed E-state index contributed by atoms with van der Waals surface area (Å²) < 4.78 is 16.0. The average molecular weight is 340 g/mol. The van der Waals surface area contributed by atoms with Crippen LogP contribution >= 0.6 is 0 Å². The van der Waals surface area contributed by atoms with Gasteiger partial charge in [-0.2, -0.15) is 0 Å². The minimum absolute atomic E-state index is 0.103. The minimum atomic E-state index is -0.103. The first-order valence-electron chi connectivity index (χ1n) is 8.33. The number of nitrogens with one attached hydrogen (secondary N) is 1. The zero-order valence-electron chi connectivity index (χ0n) is 14.0. The Kier molecular flexibility index (Phi) is 4.09. The van der Waals surface area contributed by atoms with Crippen LogP contribution in [-0.2, 0) is 6.54 Å². The lowest BCUT2D eigenvalue weighted by molar-refractivity contribution is 0.174. The average Bonchev–Trinajstić information content (AvgIpc) is 3.36. The number of carbonyl (C=O) groups is 1. The number of amides is 2. The molecule has 0 unspecified atom stereocenters. The number of rotatable bonds is 5. The van der Waals surface area contributed by atoms with Crippen molar-refractivity contribution >= 4 is 11.7 Å². The van der Waals surface area contributed by atoms with Crippen LogP contribution in [0.15, 0.2) is 42.5 Å². The lowest BCUT2D eigenvalue weighted by atomic mass is 10.2. The molecular weight excluding hydrogens is 320 g/mol. The Bertz CT molecular complexity index is 789. The Labute approximate surface area is 146 Å². The fourth-order valence-corrected chi connectivity index (χ4v) is 2.89. The second kappa shape index (κ2) is 6.55. The molecule has 0 atom stereocenters. The Morgan fingerprint density at radius 3 is 2.84 bits per heavy atom. The third-order valence-corrected chi connectivity index (χ3v) is 4.36. The summed E-state index contributed by atoms with van der Waals surface area (Å²) in [5, 5.41) is 2.96. The summed E-state index contributed by atoms with van der Waals surface area (Å²) in [5.41, 5.74) is 1.75. The van der Waals surface area contributed by atoms with Gasteiger partial charge < -0.3 is 24.4 Å². The Morgan fingerprint density at radius 1 is 1.20 bits per heavy atom. The summed E-state index contributed by atoms with van der Waals surface area (Å²) in [5.74, 6) is 2.20. The first kappa shape index (κ1) is 15.6. The zero-order chi connectivity index (χ0) is 17.2. The summed E-state index contributed by atoms with van der Waals surface area (Å²) in [7, 11) is 1.61. The van der Waals surface area contributed by atoms with Gasteiger partial charge in [-0.1, -0.05) is 12.1 Å². The van der Waals surface area contributed by atoms with Crippen LogP contribution in [0.5, 0.6) is 17.2 Å². The highest BCUT2D eigenvalue weighted by molar-refractivity contribution is 5.90. The maximum Gasteiger partial charge on any atom is 0.322 e. The molecule has 0 spiro atoms. The van der Waals surface area contributed by atoms with Crippen molar-refractivity contribution in [1.29, 1.82) is 0 Å². The first-order valence-corrected chi connectivity index (χ1v) is 8.33. The van der Waals surface area contributed by atoms with Crippen molar-refractivity contribution in [3.63, 3.8) is 0 Å². The van der Waals surface area contributed by atoms with Gasteiger partial charge in [-0.25, -0.2) is 4.79 Å². The van der Waals surface area contributed by atoms with Crippen LogP contribution in [-0.4, -0.2) is 30.9 Å². The van der Waals surface area contributed by atoms with Crippen LogP contribution < -0.4 is 19.5 Å². The van der Waals surface area contributed by atoms with Gasteiger partial charge in [-0.3, -0.25) is 0 Å². The number of carbonyl (C=O) groups excluding carboxylic acids is 1. The molecule has 2 aromatic rings. The van der Waals surface area contributed by atoms with Crippen molar-refractivity contribution in [2.45, 2.75) is 25.4 Å². The normalized spacial score (nSPS) is 14.9. The van der Waals surface area contributed by atoms with E-state index in [9.17, 15) is 4.79 Å². The number of fused-ring (bicyclic) bond motifs is 1. The maximum absolute atomic E-state index is 12.7. The predicted molar refractivity (Wildman–Crippen MR) is 93.1 cm³/mol. The molecule has 0 radical (unpaired) electrons. The minimum Gasteiger partial charge on any atom is -0.497 e. The van der Waals surface area contributed by atoms with E-state index in [1.807, 2.05) is 47.4 Å². The Morgan fingerprint density at radius 2 is 2.04 bits per heavy atom. The van der Waals surface area contributed by atoms with Crippen LogP contribution in [0.2, 0.25) is 0 Å². The molecule has 2 aromatic carbocycles. The van der Waals surface area contributed by atoms with Gasteiger partial charge in [0.25, 0.3) is 0 Å². The highest BCUT2D eigenvalue weighted by Crippen LogP contribution is 2.34.